The van der Waals surface area contributed by atoms with Crippen LogP contribution in [-0.2, 0) is 13.1 Å². The molecular weight excluding hydrogens is 374 g/mol. The number of piperidine rings is 1. The van der Waals surface area contributed by atoms with Crippen molar-refractivity contribution in [3.8, 4) is 11.5 Å². The molecule has 162 valence electrons. The van der Waals surface area contributed by atoms with Crippen LogP contribution in [0.5, 0.6) is 11.5 Å². The van der Waals surface area contributed by atoms with E-state index in [0.717, 1.165) is 56.8 Å². The fourth-order valence-electron chi connectivity index (χ4n) is 4.82. The van der Waals surface area contributed by atoms with Gasteiger partial charge in [0.1, 0.15) is 11.5 Å². The molecule has 2 aromatic rings. The predicted molar refractivity (Wildman–Crippen MR) is 121 cm³/mol. The summed E-state index contributed by atoms with van der Waals surface area (Å²) >= 11 is 0. The van der Waals surface area contributed by atoms with E-state index in [4.69, 9.17) is 9.47 Å². The highest BCUT2D eigenvalue weighted by Crippen LogP contribution is 2.26. The first-order valence-electron chi connectivity index (χ1n) is 11.2. The molecule has 0 aliphatic carbocycles. The summed E-state index contributed by atoms with van der Waals surface area (Å²) in [6.45, 7) is 8.98. The van der Waals surface area contributed by atoms with E-state index in [0.29, 0.717) is 0 Å². The summed E-state index contributed by atoms with van der Waals surface area (Å²) in [5.41, 5.74) is 2.64. The number of nitrogens with zero attached hydrogens (tertiary/aromatic N) is 3. The molecule has 5 heteroatoms. The average molecular weight is 410 g/mol. The van der Waals surface area contributed by atoms with Gasteiger partial charge >= 0.3 is 0 Å². The molecule has 4 rings (SSSR count). The van der Waals surface area contributed by atoms with Gasteiger partial charge in [-0.25, -0.2) is 0 Å². The van der Waals surface area contributed by atoms with Crippen LogP contribution in [-0.4, -0.2) is 74.2 Å². The maximum atomic E-state index is 5.56. The molecule has 0 aromatic heterocycles. The van der Waals surface area contributed by atoms with Gasteiger partial charge in [-0.15, -0.1) is 0 Å². The van der Waals surface area contributed by atoms with Gasteiger partial charge in [-0.2, -0.15) is 0 Å². The molecule has 0 atom stereocenters. The smallest absolute Gasteiger partial charge is 0.123 e. The molecule has 2 heterocycles. The van der Waals surface area contributed by atoms with E-state index in [2.05, 4.69) is 51.1 Å². The van der Waals surface area contributed by atoms with Crippen LogP contribution >= 0.6 is 0 Å². The molecule has 2 aromatic carbocycles. The van der Waals surface area contributed by atoms with E-state index in [1.54, 1.807) is 14.2 Å². The zero-order valence-corrected chi connectivity index (χ0v) is 18.4. The van der Waals surface area contributed by atoms with Gasteiger partial charge in [0, 0.05) is 50.9 Å². The van der Waals surface area contributed by atoms with E-state index < -0.39 is 0 Å². The number of piperazine rings is 1. The van der Waals surface area contributed by atoms with Crippen molar-refractivity contribution in [2.75, 3.05) is 53.5 Å². The molecule has 2 aliphatic heterocycles. The molecule has 5 nitrogen and oxygen atoms in total. The Balaban J connectivity index is 1.23. The topological polar surface area (TPSA) is 28.2 Å². The Bertz CT molecular complexity index is 782. The maximum Gasteiger partial charge on any atom is 0.123 e. The lowest BCUT2D eigenvalue weighted by Crippen LogP contribution is -2.52. The highest BCUT2D eigenvalue weighted by Gasteiger charge is 2.27. The fourth-order valence-corrected chi connectivity index (χ4v) is 4.82. The van der Waals surface area contributed by atoms with Crippen LogP contribution in [0.25, 0.3) is 0 Å². The molecule has 0 radical (unpaired) electrons. The van der Waals surface area contributed by atoms with Crippen molar-refractivity contribution >= 4 is 0 Å². The molecular formula is C25H35N3O2. The van der Waals surface area contributed by atoms with Crippen LogP contribution in [0.15, 0.2) is 48.5 Å². The van der Waals surface area contributed by atoms with Crippen LogP contribution in [0.2, 0.25) is 0 Å². The Morgan fingerprint density at radius 3 is 2.13 bits per heavy atom. The van der Waals surface area contributed by atoms with Crippen LogP contribution in [0.1, 0.15) is 24.0 Å². The number of hydrogen-bond donors (Lipinski definition) is 0. The molecule has 0 unspecified atom stereocenters. The number of hydrogen-bond acceptors (Lipinski definition) is 5. The zero-order valence-electron chi connectivity index (χ0n) is 18.4. The van der Waals surface area contributed by atoms with Gasteiger partial charge < -0.3 is 9.47 Å². The summed E-state index contributed by atoms with van der Waals surface area (Å²) in [5, 5.41) is 0. The minimum Gasteiger partial charge on any atom is -0.497 e. The SMILES string of the molecule is COc1ccc(OC)c(CN2CCN(C3CCN(Cc4ccccc4)CC3)CC2)c1. The van der Waals surface area contributed by atoms with E-state index in [1.807, 2.05) is 12.1 Å². The lowest BCUT2D eigenvalue weighted by Gasteiger charge is -2.43. The number of rotatable bonds is 7. The fraction of sp³-hybridized carbons (Fsp3) is 0.520. The van der Waals surface area contributed by atoms with Gasteiger partial charge in [0.25, 0.3) is 0 Å². The number of likely N-dealkylation sites (tertiary alicyclic amines) is 1. The Hall–Kier alpha value is -2.08. The Labute approximate surface area is 181 Å². The van der Waals surface area contributed by atoms with Crippen LogP contribution in [0, 0.1) is 0 Å². The van der Waals surface area contributed by atoms with Crippen LogP contribution in [0.3, 0.4) is 0 Å². The van der Waals surface area contributed by atoms with Crippen molar-refractivity contribution < 1.29 is 9.47 Å². The molecule has 0 spiro atoms. The minimum atomic E-state index is 0.741. The minimum absolute atomic E-state index is 0.741. The van der Waals surface area contributed by atoms with Gasteiger partial charge in [0.05, 0.1) is 14.2 Å². The third-order valence-electron chi connectivity index (χ3n) is 6.61. The molecule has 0 saturated carbocycles. The monoisotopic (exact) mass is 409 g/mol. The van der Waals surface area contributed by atoms with Crippen LogP contribution in [0.4, 0.5) is 0 Å². The molecule has 30 heavy (non-hydrogen) atoms. The Morgan fingerprint density at radius 2 is 1.47 bits per heavy atom. The molecule has 0 amide bonds. The highest BCUT2D eigenvalue weighted by molar-refractivity contribution is 5.40. The number of benzene rings is 2. The van der Waals surface area contributed by atoms with E-state index >= 15 is 0 Å². The Kier molecular flexibility index (Phi) is 7.26. The van der Waals surface area contributed by atoms with E-state index in [-0.39, 0.29) is 0 Å². The molecule has 0 N–H and O–H groups in total. The normalized spacial score (nSPS) is 19.7. The third-order valence-corrected chi connectivity index (χ3v) is 6.61. The second-order valence-electron chi connectivity index (χ2n) is 8.48. The third kappa shape index (κ3) is 5.34. The number of ether oxygens (including phenoxy) is 2. The van der Waals surface area contributed by atoms with Gasteiger partial charge in [0.15, 0.2) is 0 Å². The first-order chi connectivity index (χ1) is 14.7. The first-order valence-corrected chi connectivity index (χ1v) is 11.2. The van der Waals surface area contributed by atoms with Gasteiger partial charge in [-0.05, 0) is 49.7 Å². The van der Waals surface area contributed by atoms with Gasteiger partial charge in [-0.3, -0.25) is 14.7 Å². The summed E-state index contributed by atoms with van der Waals surface area (Å²) in [6.07, 6.45) is 2.58. The Morgan fingerprint density at radius 1 is 0.767 bits per heavy atom. The highest BCUT2D eigenvalue weighted by atomic mass is 16.5. The van der Waals surface area contributed by atoms with E-state index in [1.165, 1.54) is 37.1 Å². The van der Waals surface area contributed by atoms with Crippen molar-refractivity contribution in [2.24, 2.45) is 0 Å². The second kappa shape index (κ2) is 10.3. The zero-order chi connectivity index (χ0) is 20.8. The van der Waals surface area contributed by atoms with Crippen LogP contribution < -0.4 is 9.47 Å². The average Bonchev–Trinajstić information content (AvgIpc) is 2.81. The van der Waals surface area contributed by atoms with Crippen molar-refractivity contribution in [2.45, 2.75) is 32.0 Å². The lowest BCUT2D eigenvalue weighted by atomic mass is 10.0. The molecule has 0 bridgehead atoms. The van der Waals surface area contributed by atoms with Crippen molar-refractivity contribution in [3.05, 3.63) is 59.7 Å². The summed E-state index contributed by atoms with van der Waals surface area (Å²) in [4.78, 5) is 7.87. The van der Waals surface area contributed by atoms with Gasteiger partial charge in [-0.1, -0.05) is 30.3 Å². The van der Waals surface area contributed by atoms with Crippen molar-refractivity contribution in [1.82, 2.24) is 14.7 Å². The quantitative estimate of drug-likeness (QED) is 0.698. The lowest BCUT2D eigenvalue weighted by molar-refractivity contribution is 0.0547. The summed E-state index contributed by atoms with van der Waals surface area (Å²) in [6, 6.07) is 17.7. The first kappa shape index (κ1) is 21.2. The molecule has 2 saturated heterocycles. The molecule has 2 aliphatic rings. The van der Waals surface area contributed by atoms with E-state index in [9.17, 15) is 0 Å². The largest absolute Gasteiger partial charge is 0.497 e. The van der Waals surface area contributed by atoms with Gasteiger partial charge in [0.2, 0.25) is 0 Å². The summed E-state index contributed by atoms with van der Waals surface area (Å²) in [7, 11) is 3.46. The molecule has 2 fully saturated rings. The number of methoxy groups -OCH3 is 2. The maximum absolute atomic E-state index is 5.56. The van der Waals surface area contributed by atoms with Crippen molar-refractivity contribution in [1.29, 1.82) is 0 Å². The standard InChI is InChI=1S/C25H35N3O2/c1-29-24-8-9-25(30-2)22(18-24)20-27-14-16-28(17-15-27)23-10-12-26(13-11-23)19-21-6-4-3-5-7-21/h3-9,18,23H,10-17,19-20H2,1-2H3. The summed E-state index contributed by atoms with van der Waals surface area (Å²) < 4.78 is 11.0. The summed E-state index contributed by atoms with van der Waals surface area (Å²) in [5.74, 6) is 1.84. The second-order valence-corrected chi connectivity index (χ2v) is 8.48. The van der Waals surface area contributed by atoms with Crippen molar-refractivity contribution in [3.63, 3.8) is 0 Å². The predicted octanol–water partition coefficient (Wildman–Crippen LogP) is 3.49.